The Morgan fingerprint density at radius 2 is 1.90 bits per heavy atom. The number of amides is 3. The van der Waals surface area contributed by atoms with Crippen molar-refractivity contribution in [1.29, 1.82) is 0 Å². The monoisotopic (exact) mass is 297 g/mol. The van der Waals surface area contributed by atoms with Crippen molar-refractivity contribution < 1.29 is 19.5 Å². The Hall–Kier alpha value is -1.79. The second kappa shape index (κ2) is 6.32. The first-order chi connectivity index (χ1) is 9.91. The van der Waals surface area contributed by atoms with E-state index in [1.165, 1.54) is 4.90 Å². The molecule has 2 aliphatic heterocycles. The number of hydrogen-bond acceptors (Lipinski definition) is 3. The number of nitrogens with zero attached hydrogens (tertiary/aromatic N) is 2. The van der Waals surface area contributed by atoms with E-state index in [1.807, 2.05) is 13.8 Å². The van der Waals surface area contributed by atoms with Gasteiger partial charge >= 0.3 is 12.0 Å². The van der Waals surface area contributed by atoms with Gasteiger partial charge in [-0.2, -0.15) is 0 Å². The molecule has 2 fully saturated rings. The SMILES string of the molecule is CC1CCCC(C)N1C(=O)N1CCNC(=O)C1CC(=O)O. The Morgan fingerprint density at radius 1 is 1.29 bits per heavy atom. The predicted molar refractivity (Wildman–Crippen MR) is 75.8 cm³/mol. The van der Waals surface area contributed by atoms with Crippen molar-refractivity contribution in [1.82, 2.24) is 15.1 Å². The van der Waals surface area contributed by atoms with E-state index in [1.54, 1.807) is 4.90 Å². The van der Waals surface area contributed by atoms with E-state index in [0.29, 0.717) is 13.1 Å². The zero-order valence-electron chi connectivity index (χ0n) is 12.5. The summed E-state index contributed by atoms with van der Waals surface area (Å²) in [5.74, 6) is -1.45. The van der Waals surface area contributed by atoms with Gasteiger partial charge in [0.25, 0.3) is 0 Å². The van der Waals surface area contributed by atoms with Gasteiger partial charge in [0.05, 0.1) is 6.42 Å². The van der Waals surface area contributed by atoms with Crippen molar-refractivity contribution in [2.45, 2.75) is 57.7 Å². The van der Waals surface area contributed by atoms with E-state index in [0.717, 1.165) is 19.3 Å². The van der Waals surface area contributed by atoms with Crippen LogP contribution in [-0.4, -0.2) is 64.0 Å². The lowest BCUT2D eigenvalue weighted by atomic mass is 9.97. The minimum atomic E-state index is -1.07. The van der Waals surface area contributed by atoms with Gasteiger partial charge in [-0.15, -0.1) is 0 Å². The maximum Gasteiger partial charge on any atom is 0.321 e. The Bertz CT molecular complexity index is 430. The number of carboxylic acids is 1. The van der Waals surface area contributed by atoms with Crippen LogP contribution in [0.15, 0.2) is 0 Å². The molecule has 3 unspecified atom stereocenters. The van der Waals surface area contributed by atoms with E-state index >= 15 is 0 Å². The number of carbonyl (C=O) groups is 3. The second-order valence-corrected chi connectivity index (χ2v) is 5.92. The normalized spacial score (nSPS) is 30.0. The number of carbonyl (C=O) groups excluding carboxylic acids is 2. The lowest BCUT2D eigenvalue weighted by Gasteiger charge is -2.44. The molecule has 2 saturated heterocycles. The number of aliphatic carboxylic acids is 1. The standard InChI is InChI=1S/C14H23N3O4/c1-9-4-3-5-10(2)17(9)14(21)16-7-6-15-13(20)11(16)8-12(18)19/h9-11H,3-8H2,1-2H3,(H,15,20)(H,18,19). The van der Waals surface area contributed by atoms with Crippen LogP contribution in [-0.2, 0) is 9.59 Å². The summed E-state index contributed by atoms with van der Waals surface area (Å²) >= 11 is 0. The third kappa shape index (κ3) is 3.28. The van der Waals surface area contributed by atoms with Crippen LogP contribution in [0.5, 0.6) is 0 Å². The Morgan fingerprint density at radius 3 is 2.48 bits per heavy atom. The van der Waals surface area contributed by atoms with E-state index in [2.05, 4.69) is 5.32 Å². The highest BCUT2D eigenvalue weighted by atomic mass is 16.4. The van der Waals surface area contributed by atoms with E-state index < -0.39 is 12.0 Å². The minimum absolute atomic E-state index is 0.122. The van der Waals surface area contributed by atoms with Gasteiger partial charge in [-0.25, -0.2) is 4.79 Å². The second-order valence-electron chi connectivity index (χ2n) is 5.92. The van der Waals surface area contributed by atoms with Crippen LogP contribution in [0.4, 0.5) is 4.79 Å². The maximum atomic E-state index is 12.8. The van der Waals surface area contributed by atoms with Gasteiger partial charge in [-0.1, -0.05) is 0 Å². The Labute approximate surface area is 124 Å². The predicted octanol–water partition coefficient (Wildman–Crippen LogP) is 0.644. The molecule has 118 valence electrons. The highest BCUT2D eigenvalue weighted by Crippen LogP contribution is 2.25. The lowest BCUT2D eigenvalue weighted by molar-refractivity contribution is -0.142. The van der Waals surface area contributed by atoms with Gasteiger partial charge in [-0.05, 0) is 33.1 Å². The molecule has 0 aliphatic carbocycles. The summed E-state index contributed by atoms with van der Waals surface area (Å²) in [7, 11) is 0. The molecule has 0 saturated carbocycles. The third-order valence-corrected chi connectivity index (χ3v) is 4.36. The van der Waals surface area contributed by atoms with Crippen LogP contribution >= 0.6 is 0 Å². The molecule has 0 spiro atoms. The first kappa shape index (κ1) is 15.6. The summed E-state index contributed by atoms with van der Waals surface area (Å²) in [4.78, 5) is 38.9. The zero-order chi connectivity index (χ0) is 15.6. The van der Waals surface area contributed by atoms with Gasteiger partial charge in [0.1, 0.15) is 6.04 Å². The average molecular weight is 297 g/mol. The summed E-state index contributed by atoms with van der Waals surface area (Å²) in [5, 5.41) is 11.6. The van der Waals surface area contributed by atoms with Gasteiger partial charge in [0.2, 0.25) is 5.91 Å². The first-order valence-electron chi connectivity index (χ1n) is 7.50. The molecule has 3 amide bonds. The molecule has 7 nitrogen and oxygen atoms in total. The fourth-order valence-electron chi connectivity index (χ4n) is 3.26. The van der Waals surface area contributed by atoms with E-state index in [9.17, 15) is 14.4 Å². The van der Waals surface area contributed by atoms with Crippen molar-refractivity contribution in [2.75, 3.05) is 13.1 Å². The third-order valence-electron chi connectivity index (χ3n) is 4.36. The number of rotatable bonds is 2. The molecule has 0 radical (unpaired) electrons. The molecule has 2 aliphatic rings. The summed E-state index contributed by atoms with van der Waals surface area (Å²) in [6, 6.07) is -0.880. The van der Waals surface area contributed by atoms with E-state index in [4.69, 9.17) is 5.11 Å². The molecule has 3 atom stereocenters. The van der Waals surface area contributed by atoms with Crippen molar-refractivity contribution in [3.05, 3.63) is 0 Å². The minimum Gasteiger partial charge on any atom is -0.481 e. The molecular weight excluding hydrogens is 274 g/mol. The van der Waals surface area contributed by atoms with Gasteiger partial charge in [-0.3, -0.25) is 9.59 Å². The summed E-state index contributed by atoms with van der Waals surface area (Å²) < 4.78 is 0. The number of urea groups is 1. The highest BCUT2D eigenvalue weighted by Gasteiger charge is 2.39. The average Bonchev–Trinajstić information content (AvgIpc) is 2.40. The molecule has 0 aromatic carbocycles. The number of piperazine rings is 1. The molecule has 0 aromatic rings. The summed E-state index contributed by atoms with van der Waals surface area (Å²) in [6.07, 6.45) is 2.62. The van der Waals surface area contributed by atoms with Crippen molar-refractivity contribution in [3.63, 3.8) is 0 Å². The summed E-state index contributed by atoms with van der Waals surface area (Å²) in [6.45, 7) is 4.74. The topological polar surface area (TPSA) is 90.0 Å². The van der Waals surface area contributed by atoms with Gasteiger partial charge in [0, 0.05) is 25.2 Å². The number of nitrogens with one attached hydrogen (secondary N) is 1. The Kier molecular flexibility index (Phi) is 4.69. The van der Waals surface area contributed by atoms with Crippen LogP contribution in [0.1, 0.15) is 39.5 Å². The number of hydrogen-bond donors (Lipinski definition) is 2. The van der Waals surface area contributed by atoms with Crippen LogP contribution < -0.4 is 5.32 Å². The molecule has 2 rings (SSSR count). The quantitative estimate of drug-likeness (QED) is 0.783. The molecule has 7 heteroatoms. The number of piperidine rings is 1. The summed E-state index contributed by atoms with van der Waals surface area (Å²) in [5.41, 5.74) is 0. The van der Waals surface area contributed by atoms with Crippen molar-refractivity contribution in [2.24, 2.45) is 0 Å². The van der Waals surface area contributed by atoms with Gasteiger partial charge < -0.3 is 20.2 Å². The van der Waals surface area contributed by atoms with Gasteiger partial charge in [0.15, 0.2) is 0 Å². The number of carboxylic acid groups (broad SMARTS) is 1. The molecule has 2 heterocycles. The van der Waals surface area contributed by atoms with Crippen LogP contribution in [0, 0.1) is 0 Å². The fraction of sp³-hybridized carbons (Fsp3) is 0.786. The number of likely N-dealkylation sites (tertiary alicyclic amines) is 1. The molecular formula is C14H23N3O4. The molecule has 0 bridgehead atoms. The first-order valence-corrected chi connectivity index (χ1v) is 7.50. The van der Waals surface area contributed by atoms with Crippen molar-refractivity contribution >= 4 is 17.9 Å². The fourth-order valence-corrected chi connectivity index (χ4v) is 3.26. The van der Waals surface area contributed by atoms with Crippen molar-refractivity contribution in [3.8, 4) is 0 Å². The lowest BCUT2D eigenvalue weighted by Crippen LogP contribution is -2.63. The molecule has 0 aromatic heterocycles. The smallest absolute Gasteiger partial charge is 0.321 e. The Balaban J connectivity index is 2.17. The van der Waals surface area contributed by atoms with Crippen LogP contribution in [0.25, 0.3) is 0 Å². The molecule has 2 N–H and O–H groups in total. The van der Waals surface area contributed by atoms with Crippen LogP contribution in [0.3, 0.4) is 0 Å². The highest BCUT2D eigenvalue weighted by molar-refractivity contribution is 5.91. The van der Waals surface area contributed by atoms with Crippen LogP contribution in [0.2, 0.25) is 0 Å². The largest absolute Gasteiger partial charge is 0.481 e. The van der Waals surface area contributed by atoms with E-state index in [-0.39, 0.29) is 30.4 Å². The molecule has 21 heavy (non-hydrogen) atoms. The maximum absolute atomic E-state index is 12.8. The zero-order valence-corrected chi connectivity index (χ0v) is 12.5.